The average molecular weight is 248 g/mol. The molecule has 0 aliphatic rings. The van der Waals surface area contributed by atoms with E-state index in [9.17, 15) is 9.18 Å². The molecule has 1 aromatic heterocycles. The fourth-order valence-electron chi connectivity index (χ4n) is 1.55. The van der Waals surface area contributed by atoms with Gasteiger partial charge in [-0.15, -0.1) is 0 Å². The van der Waals surface area contributed by atoms with Gasteiger partial charge in [0, 0.05) is 24.5 Å². The summed E-state index contributed by atoms with van der Waals surface area (Å²) in [6.45, 7) is 0.419. The summed E-state index contributed by atoms with van der Waals surface area (Å²) in [5.74, 6) is -0.696. The van der Waals surface area contributed by atoms with Crippen molar-refractivity contribution in [3.8, 4) is 5.75 Å². The number of aromatic nitrogens is 1. The first-order valence-corrected chi connectivity index (χ1v) is 5.44. The molecule has 2 aromatic rings. The van der Waals surface area contributed by atoms with Gasteiger partial charge in [0.05, 0.1) is 7.11 Å². The lowest BCUT2D eigenvalue weighted by molar-refractivity contribution is 0.0950. The van der Waals surface area contributed by atoms with Gasteiger partial charge in [0.1, 0.15) is 0 Å². The SMILES string of the molecule is COc1cc(C(=O)NCc2cc[nH]c2)ccc1F. The molecular weight excluding hydrogens is 235 g/mol. The molecule has 1 amide bonds. The number of halogens is 1. The van der Waals surface area contributed by atoms with Crippen LogP contribution in [-0.4, -0.2) is 18.0 Å². The topological polar surface area (TPSA) is 54.1 Å². The van der Waals surface area contributed by atoms with Gasteiger partial charge in [-0.3, -0.25) is 4.79 Å². The Kier molecular flexibility index (Phi) is 3.62. The number of rotatable bonds is 4. The fraction of sp³-hybridized carbons (Fsp3) is 0.154. The summed E-state index contributed by atoms with van der Waals surface area (Å²) in [7, 11) is 1.36. The molecule has 0 spiro atoms. The second-order valence-corrected chi connectivity index (χ2v) is 3.75. The minimum Gasteiger partial charge on any atom is -0.494 e. The quantitative estimate of drug-likeness (QED) is 0.870. The van der Waals surface area contributed by atoms with Crippen LogP contribution in [0.25, 0.3) is 0 Å². The van der Waals surface area contributed by atoms with Crippen LogP contribution in [0.2, 0.25) is 0 Å². The third kappa shape index (κ3) is 2.68. The van der Waals surface area contributed by atoms with Crippen LogP contribution in [0.5, 0.6) is 5.75 Å². The fourth-order valence-corrected chi connectivity index (χ4v) is 1.55. The summed E-state index contributed by atoms with van der Waals surface area (Å²) in [6, 6.07) is 5.88. The predicted molar refractivity (Wildman–Crippen MR) is 64.9 cm³/mol. The molecule has 0 saturated heterocycles. The highest BCUT2D eigenvalue weighted by Gasteiger charge is 2.09. The minimum atomic E-state index is -0.486. The van der Waals surface area contributed by atoms with Crippen molar-refractivity contribution in [2.75, 3.05) is 7.11 Å². The molecule has 94 valence electrons. The maximum Gasteiger partial charge on any atom is 0.251 e. The van der Waals surface area contributed by atoms with Crippen molar-refractivity contribution in [2.24, 2.45) is 0 Å². The van der Waals surface area contributed by atoms with Crippen molar-refractivity contribution >= 4 is 5.91 Å². The van der Waals surface area contributed by atoms with Crippen LogP contribution in [0, 0.1) is 5.82 Å². The summed E-state index contributed by atoms with van der Waals surface area (Å²) in [5, 5.41) is 2.74. The molecule has 0 atom stereocenters. The molecule has 0 aliphatic carbocycles. The van der Waals surface area contributed by atoms with Gasteiger partial charge in [0.2, 0.25) is 0 Å². The van der Waals surface area contributed by atoms with E-state index >= 15 is 0 Å². The van der Waals surface area contributed by atoms with E-state index in [0.29, 0.717) is 12.1 Å². The van der Waals surface area contributed by atoms with Crippen molar-refractivity contribution in [3.05, 3.63) is 53.6 Å². The van der Waals surface area contributed by atoms with E-state index in [-0.39, 0.29) is 11.7 Å². The van der Waals surface area contributed by atoms with Gasteiger partial charge in [-0.25, -0.2) is 4.39 Å². The second kappa shape index (κ2) is 5.35. The predicted octanol–water partition coefficient (Wildman–Crippen LogP) is 2.09. The Morgan fingerprint density at radius 1 is 1.44 bits per heavy atom. The van der Waals surface area contributed by atoms with Crippen LogP contribution in [0.3, 0.4) is 0 Å². The molecule has 5 heteroatoms. The van der Waals surface area contributed by atoms with Crippen molar-refractivity contribution < 1.29 is 13.9 Å². The van der Waals surface area contributed by atoms with Crippen molar-refractivity contribution in [3.63, 3.8) is 0 Å². The number of aromatic amines is 1. The van der Waals surface area contributed by atoms with E-state index < -0.39 is 5.82 Å². The summed E-state index contributed by atoms with van der Waals surface area (Å²) in [6.07, 6.45) is 3.58. The zero-order valence-electron chi connectivity index (χ0n) is 9.87. The first kappa shape index (κ1) is 12.2. The molecule has 2 N–H and O–H groups in total. The van der Waals surface area contributed by atoms with E-state index in [1.165, 1.54) is 25.3 Å². The molecule has 1 heterocycles. The third-order valence-electron chi connectivity index (χ3n) is 2.53. The number of carbonyl (C=O) groups excluding carboxylic acids is 1. The van der Waals surface area contributed by atoms with Crippen LogP contribution < -0.4 is 10.1 Å². The molecule has 0 saturated carbocycles. The average Bonchev–Trinajstić information content (AvgIpc) is 2.89. The number of carbonyl (C=O) groups is 1. The Bertz CT molecular complexity index is 538. The first-order chi connectivity index (χ1) is 8.70. The van der Waals surface area contributed by atoms with Crippen molar-refractivity contribution in [2.45, 2.75) is 6.54 Å². The van der Waals surface area contributed by atoms with Gasteiger partial charge in [0.15, 0.2) is 11.6 Å². The monoisotopic (exact) mass is 248 g/mol. The van der Waals surface area contributed by atoms with Gasteiger partial charge in [-0.05, 0) is 29.8 Å². The van der Waals surface area contributed by atoms with Gasteiger partial charge in [-0.2, -0.15) is 0 Å². The van der Waals surface area contributed by atoms with Gasteiger partial charge < -0.3 is 15.0 Å². The number of nitrogens with one attached hydrogen (secondary N) is 2. The van der Waals surface area contributed by atoms with Gasteiger partial charge >= 0.3 is 0 Å². The number of hydrogen-bond donors (Lipinski definition) is 2. The smallest absolute Gasteiger partial charge is 0.251 e. The zero-order valence-corrected chi connectivity index (χ0v) is 9.87. The Morgan fingerprint density at radius 3 is 2.94 bits per heavy atom. The largest absolute Gasteiger partial charge is 0.494 e. The molecule has 18 heavy (non-hydrogen) atoms. The lowest BCUT2D eigenvalue weighted by Crippen LogP contribution is -2.22. The van der Waals surface area contributed by atoms with Crippen LogP contribution in [-0.2, 0) is 6.54 Å². The number of hydrogen-bond acceptors (Lipinski definition) is 2. The molecule has 1 aromatic carbocycles. The lowest BCUT2D eigenvalue weighted by atomic mass is 10.2. The molecule has 0 radical (unpaired) electrons. The van der Waals surface area contributed by atoms with E-state index in [0.717, 1.165) is 5.56 Å². The van der Waals surface area contributed by atoms with Gasteiger partial charge in [-0.1, -0.05) is 0 Å². The Labute approximate surface area is 104 Å². The zero-order chi connectivity index (χ0) is 13.0. The highest BCUT2D eigenvalue weighted by molar-refractivity contribution is 5.94. The summed E-state index contributed by atoms with van der Waals surface area (Å²) in [5.41, 5.74) is 1.33. The molecule has 0 aliphatic heterocycles. The van der Waals surface area contributed by atoms with Crippen LogP contribution in [0.1, 0.15) is 15.9 Å². The number of ether oxygens (including phenoxy) is 1. The first-order valence-electron chi connectivity index (χ1n) is 5.44. The van der Waals surface area contributed by atoms with Gasteiger partial charge in [0.25, 0.3) is 5.91 Å². The second-order valence-electron chi connectivity index (χ2n) is 3.75. The van der Waals surface area contributed by atoms with Crippen molar-refractivity contribution in [1.82, 2.24) is 10.3 Å². The van der Waals surface area contributed by atoms with Crippen LogP contribution >= 0.6 is 0 Å². The molecule has 0 fully saturated rings. The minimum absolute atomic E-state index is 0.0595. The van der Waals surface area contributed by atoms with E-state index in [2.05, 4.69) is 10.3 Å². The highest BCUT2D eigenvalue weighted by Crippen LogP contribution is 2.18. The number of H-pyrrole nitrogens is 1. The Balaban J connectivity index is 2.04. The molecule has 0 unspecified atom stereocenters. The van der Waals surface area contributed by atoms with E-state index in [1.54, 1.807) is 12.4 Å². The Hall–Kier alpha value is -2.30. The number of amides is 1. The maximum atomic E-state index is 13.2. The normalized spacial score (nSPS) is 10.1. The van der Waals surface area contributed by atoms with Crippen LogP contribution in [0.15, 0.2) is 36.7 Å². The lowest BCUT2D eigenvalue weighted by Gasteiger charge is -2.06. The molecular formula is C13H13FN2O2. The summed E-state index contributed by atoms with van der Waals surface area (Å²) in [4.78, 5) is 14.7. The molecule has 4 nitrogen and oxygen atoms in total. The molecule has 2 rings (SSSR count). The third-order valence-corrected chi connectivity index (χ3v) is 2.53. The summed E-state index contributed by atoms with van der Waals surface area (Å²) < 4.78 is 18.0. The van der Waals surface area contributed by atoms with E-state index in [4.69, 9.17) is 4.74 Å². The maximum absolute atomic E-state index is 13.2. The number of methoxy groups -OCH3 is 1. The Morgan fingerprint density at radius 2 is 2.28 bits per heavy atom. The summed E-state index contributed by atoms with van der Waals surface area (Å²) >= 11 is 0. The molecule has 0 bridgehead atoms. The van der Waals surface area contributed by atoms with Crippen LogP contribution in [0.4, 0.5) is 4.39 Å². The highest BCUT2D eigenvalue weighted by atomic mass is 19.1. The standard InChI is InChI=1S/C13H13FN2O2/c1-18-12-6-10(2-3-11(12)14)13(17)16-8-9-4-5-15-7-9/h2-7,15H,8H2,1H3,(H,16,17). The number of benzene rings is 1. The van der Waals surface area contributed by atoms with Crippen molar-refractivity contribution in [1.29, 1.82) is 0 Å². The van der Waals surface area contributed by atoms with E-state index in [1.807, 2.05) is 6.07 Å².